The third-order valence-corrected chi connectivity index (χ3v) is 7.95. The van der Waals surface area contributed by atoms with Crippen LogP contribution in [0.3, 0.4) is 0 Å². The van der Waals surface area contributed by atoms with Gasteiger partial charge in [-0.3, -0.25) is 4.79 Å². The predicted molar refractivity (Wildman–Crippen MR) is 142 cm³/mol. The van der Waals surface area contributed by atoms with Crippen LogP contribution in [0.4, 0.5) is 0 Å². The Morgan fingerprint density at radius 1 is 1.11 bits per heavy atom. The Morgan fingerprint density at radius 3 is 2.84 bits per heavy atom. The molecule has 0 spiro atoms. The molecule has 1 amide bonds. The summed E-state index contributed by atoms with van der Waals surface area (Å²) in [5.74, 6) is 2.74. The van der Waals surface area contributed by atoms with E-state index in [1.54, 1.807) is 7.11 Å². The molecule has 1 saturated heterocycles. The molecule has 2 unspecified atom stereocenters. The van der Waals surface area contributed by atoms with E-state index in [4.69, 9.17) is 14.2 Å². The number of β-amino-alcohol motifs (C(OH)–C–C–N with tert-alkyl or cyclic N) is 1. The van der Waals surface area contributed by atoms with Gasteiger partial charge < -0.3 is 29.1 Å². The molecule has 37 heavy (non-hydrogen) atoms. The van der Waals surface area contributed by atoms with Crippen molar-refractivity contribution in [2.24, 2.45) is 5.92 Å². The van der Waals surface area contributed by atoms with Gasteiger partial charge in [0, 0.05) is 38.2 Å². The number of methoxy groups -OCH3 is 1. The molecule has 7 heteroatoms. The summed E-state index contributed by atoms with van der Waals surface area (Å²) < 4.78 is 16.3. The molecule has 0 bridgehead atoms. The quantitative estimate of drug-likeness (QED) is 0.529. The Balaban J connectivity index is 1.06. The average molecular weight is 503 g/mol. The normalized spacial score (nSPS) is 20.2. The molecular formula is C30H34N2O5. The van der Waals surface area contributed by atoms with Gasteiger partial charge in [-0.1, -0.05) is 24.3 Å². The number of rotatable bonds is 7. The number of nitrogens with zero attached hydrogens (tertiary/aromatic N) is 2. The van der Waals surface area contributed by atoms with E-state index in [0.717, 1.165) is 84.4 Å². The lowest BCUT2D eigenvalue weighted by atomic mass is 9.93. The van der Waals surface area contributed by atoms with E-state index in [2.05, 4.69) is 23.1 Å². The highest BCUT2D eigenvalue weighted by molar-refractivity contribution is 5.97. The van der Waals surface area contributed by atoms with Crippen molar-refractivity contribution in [1.29, 1.82) is 0 Å². The van der Waals surface area contributed by atoms with Crippen molar-refractivity contribution < 1.29 is 24.1 Å². The third kappa shape index (κ3) is 4.98. The fraction of sp³-hybridized carbons (Fsp3) is 0.433. The summed E-state index contributed by atoms with van der Waals surface area (Å²) in [6, 6.07) is 16.1. The number of amides is 1. The van der Waals surface area contributed by atoms with Gasteiger partial charge in [-0.05, 0) is 77.9 Å². The van der Waals surface area contributed by atoms with Crippen molar-refractivity contribution >= 4 is 16.7 Å². The Hall–Kier alpha value is -3.29. The van der Waals surface area contributed by atoms with Gasteiger partial charge in [-0.25, -0.2) is 0 Å². The van der Waals surface area contributed by atoms with Crippen LogP contribution >= 0.6 is 0 Å². The van der Waals surface area contributed by atoms with Crippen molar-refractivity contribution in [1.82, 2.24) is 9.80 Å². The summed E-state index contributed by atoms with van der Waals surface area (Å²) >= 11 is 0. The highest BCUT2D eigenvalue weighted by Crippen LogP contribution is 2.37. The van der Waals surface area contributed by atoms with E-state index >= 15 is 0 Å². The Morgan fingerprint density at radius 2 is 1.97 bits per heavy atom. The number of hydrogen-bond acceptors (Lipinski definition) is 6. The summed E-state index contributed by atoms with van der Waals surface area (Å²) in [4.78, 5) is 17.6. The van der Waals surface area contributed by atoms with Crippen molar-refractivity contribution in [3.05, 3.63) is 65.2 Å². The van der Waals surface area contributed by atoms with Crippen LogP contribution < -0.4 is 14.2 Å². The molecule has 0 saturated carbocycles. The predicted octanol–water partition coefficient (Wildman–Crippen LogP) is 3.89. The molecule has 0 aromatic heterocycles. The number of ether oxygens (including phenoxy) is 3. The molecule has 2 atom stereocenters. The van der Waals surface area contributed by atoms with E-state index < -0.39 is 6.10 Å². The minimum Gasteiger partial charge on any atom is -0.497 e. The second-order valence-electron chi connectivity index (χ2n) is 10.5. The topological polar surface area (TPSA) is 71.5 Å². The molecule has 3 aromatic rings. The molecule has 3 aromatic carbocycles. The van der Waals surface area contributed by atoms with E-state index in [1.165, 1.54) is 0 Å². The van der Waals surface area contributed by atoms with Crippen LogP contribution in [0.15, 0.2) is 48.5 Å². The second-order valence-corrected chi connectivity index (χ2v) is 10.5. The first kappa shape index (κ1) is 24.1. The summed E-state index contributed by atoms with van der Waals surface area (Å²) in [6.07, 6.45) is 3.20. The van der Waals surface area contributed by atoms with Gasteiger partial charge >= 0.3 is 0 Å². The van der Waals surface area contributed by atoms with Crippen molar-refractivity contribution in [3.8, 4) is 17.2 Å². The second kappa shape index (κ2) is 10.2. The van der Waals surface area contributed by atoms with Crippen molar-refractivity contribution in [2.45, 2.75) is 31.8 Å². The molecule has 1 fully saturated rings. The highest BCUT2D eigenvalue weighted by atomic mass is 16.7. The first-order chi connectivity index (χ1) is 18.1. The number of carbonyl (C=O) groups excluding carboxylic acids is 1. The smallest absolute Gasteiger partial charge is 0.254 e. The zero-order valence-corrected chi connectivity index (χ0v) is 21.3. The SMILES string of the molecule is COc1ccc2c(CC(O)CN3CCCC(CN4CCc5cc6c(cc5C4=O)OCO6)C3)cccc2c1. The lowest BCUT2D eigenvalue weighted by molar-refractivity contribution is 0.0579. The number of carbonyl (C=O) groups is 1. The van der Waals surface area contributed by atoms with Gasteiger partial charge in [0.15, 0.2) is 11.5 Å². The molecule has 1 N–H and O–H groups in total. The van der Waals surface area contributed by atoms with E-state index in [1.807, 2.05) is 35.2 Å². The average Bonchev–Trinajstić information content (AvgIpc) is 3.37. The largest absolute Gasteiger partial charge is 0.497 e. The highest BCUT2D eigenvalue weighted by Gasteiger charge is 2.31. The number of benzene rings is 3. The molecule has 0 aliphatic carbocycles. The van der Waals surface area contributed by atoms with E-state index in [9.17, 15) is 9.90 Å². The summed E-state index contributed by atoms with van der Waals surface area (Å²) in [6.45, 7) is 4.24. The summed E-state index contributed by atoms with van der Waals surface area (Å²) in [5.41, 5.74) is 2.94. The number of aliphatic hydroxyl groups excluding tert-OH is 1. The molecule has 6 rings (SSSR count). The first-order valence-corrected chi connectivity index (χ1v) is 13.3. The lowest BCUT2D eigenvalue weighted by Gasteiger charge is -2.38. The van der Waals surface area contributed by atoms with Gasteiger partial charge in [0.1, 0.15) is 5.75 Å². The minimum absolute atomic E-state index is 0.0873. The Kier molecular flexibility index (Phi) is 6.65. The standard InChI is InChI=1S/C30H34N2O5/c1-35-25-7-8-26-21(5-2-6-22(26)13-25)12-24(33)18-31-10-3-4-20(16-31)17-32-11-9-23-14-28-29(37-19-36-28)15-27(23)30(32)34/h2,5-8,13-15,20,24,33H,3-4,9-12,16-19H2,1H3. The monoisotopic (exact) mass is 502 g/mol. The minimum atomic E-state index is -0.445. The zero-order chi connectivity index (χ0) is 25.4. The molecule has 3 aliphatic rings. The lowest BCUT2D eigenvalue weighted by Crippen LogP contribution is -2.46. The number of hydrogen-bond donors (Lipinski definition) is 1. The van der Waals surface area contributed by atoms with Gasteiger partial charge in [0.05, 0.1) is 13.2 Å². The maximum absolute atomic E-state index is 13.3. The van der Waals surface area contributed by atoms with Crippen LogP contribution in [-0.2, 0) is 12.8 Å². The fourth-order valence-electron chi connectivity index (χ4n) is 6.12. The summed E-state index contributed by atoms with van der Waals surface area (Å²) in [5, 5.41) is 13.3. The van der Waals surface area contributed by atoms with Crippen LogP contribution in [0.5, 0.6) is 17.2 Å². The van der Waals surface area contributed by atoms with Crippen LogP contribution in [0.2, 0.25) is 0 Å². The maximum Gasteiger partial charge on any atom is 0.254 e. The van der Waals surface area contributed by atoms with E-state index in [-0.39, 0.29) is 12.7 Å². The molecule has 194 valence electrons. The Bertz CT molecular complexity index is 1310. The van der Waals surface area contributed by atoms with Gasteiger partial charge in [0.25, 0.3) is 5.91 Å². The maximum atomic E-state index is 13.3. The number of likely N-dealkylation sites (tertiary alicyclic amines) is 1. The van der Waals surface area contributed by atoms with Gasteiger partial charge in [0.2, 0.25) is 6.79 Å². The third-order valence-electron chi connectivity index (χ3n) is 7.95. The molecular weight excluding hydrogens is 468 g/mol. The van der Waals surface area contributed by atoms with Crippen molar-refractivity contribution in [2.75, 3.05) is 46.6 Å². The zero-order valence-electron chi connectivity index (χ0n) is 21.3. The molecule has 3 heterocycles. The number of fused-ring (bicyclic) bond motifs is 3. The summed E-state index contributed by atoms with van der Waals surface area (Å²) in [7, 11) is 1.68. The molecule has 0 radical (unpaired) electrons. The van der Waals surface area contributed by atoms with Gasteiger partial charge in [-0.2, -0.15) is 0 Å². The van der Waals surface area contributed by atoms with Crippen LogP contribution in [-0.4, -0.2) is 73.5 Å². The van der Waals surface area contributed by atoms with E-state index in [0.29, 0.717) is 24.6 Å². The molecule has 7 nitrogen and oxygen atoms in total. The fourth-order valence-corrected chi connectivity index (χ4v) is 6.12. The molecule has 3 aliphatic heterocycles. The Labute approximate surface area is 217 Å². The van der Waals surface area contributed by atoms with Crippen LogP contribution in [0.25, 0.3) is 10.8 Å². The van der Waals surface area contributed by atoms with Crippen LogP contribution in [0.1, 0.15) is 34.3 Å². The first-order valence-electron chi connectivity index (χ1n) is 13.3. The number of aliphatic hydroxyl groups is 1. The number of piperidine rings is 1. The van der Waals surface area contributed by atoms with Crippen molar-refractivity contribution in [3.63, 3.8) is 0 Å². The van der Waals surface area contributed by atoms with Gasteiger partial charge in [-0.15, -0.1) is 0 Å². The van der Waals surface area contributed by atoms with Crippen LogP contribution in [0, 0.1) is 5.92 Å².